The minimum absolute atomic E-state index is 0. The first kappa shape index (κ1) is 4.29. The molecule has 3 unspecified atom stereocenters. The highest BCUT2D eigenvalue weighted by Crippen LogP contribution is 2.62. The zero-order valence-corrected chi connectivity index (χ0v) is 7.02. The lowest BCUT2D eigenvalue weighted by molar-refractivity contribution is -0.139. The van der Waals surface area contributed by atoms with Crippen LogP contribution in [0.25, 0.3) is 0 Å². The van der Waals surface area contributed by atoms with Gasteiger partial charge in [-0.15, -0.1) is 12.4 Å². The molecule has 1 heterocycles. The van der Waals surface area contributed by atoms with E-state index in [4.69, 9.17) is 13.3 Å². The van der Waals surface area contributed by atoms with E-state index in [0.717, 1.165) is 0 Å². The van der Waals surface area contributed by atoms with Gasteiger partial charge in [0.15, 0.2) is 0 Å². The molecule has 3 atom stereocenters. The average Bonchev–Trinajstić information content (AvgIpc) is 2.59. The van der Waals surface area contributed by atoms with Crippen LogP contribution in [0.15, 0.2) is 0 Å². The molecule has 0 spiro atoms. The van der Waals surface area contributed by atoms with Crippen molar-refractivity contribution >= 4 is 18.4 Å². The van der Waals surface area contributed by atoms with Crippen LogP contribution in [-0.4, -0.2) is 23.7 Å². The fourth-order valence-electron chi connectivity index (χ4n) is 1.89. The largest absolute Gasteiger partial charge is 0.480 e. The van der Waals surface area contributed by atoms with E-state index in [0.29, 0.717) is 0 Å². The number of aliphatic carboxylic acids is 1. The number of rotatable bonds is 1. The summed E-state index contributed by atoms with van der Waals surface area (Å²) in [5.74, 6) is -2.63. The van der Waals surface area contributed by atoms with Gasteiger partial charge in [-0.1, -0.05) is 13.7 Å². The maximum Gasteiger partial charge on any atom is 0.321 e. The van der Waals surface area contributed by atoms with Gasteiger partial charge in [0.1, 0.15) is 6.04 Å². The van der Waals surface area contributed by atoms with E-state index in [2.05, 4.69) is 5.32 Å². The Morgan fingerprint density at radius 3 is 2.83 bits per heavy atom. The number of piperidine rings is 1. The second kappa shape index (κ2) is 2.60. The summed E-state index contributed by atoms with van der Waals surface area (Å²) in [6.45, 7) is -5.19. The Kier molecular flexibility index (Phi) is 0.931. The molecule has 2 N–H and O–H groups in total. The first-order valence-corrected chi connectivity index (χ1v) is 3.51. The van der Waals surface area contributed by atoms with Crippen molar-refractivity contribution in [3.05, 3.63) is 0 Å². The van der Waals surface area contributed by atoms with Gasteiger partial charge < -0.3 is 10.4 Å². The van der Waals surface area contributed by atoms with Crippen LogP contribution in [-0.2, 0) is 4.79 Å². The van der Waals surface area contributed by atoms with Gasteiger partial charge in [-0.25, -0.2) is 0 Å². The summed E-state index contributed by atoms with van der Waals surface area (Å²) in [5.41, 5.74) is -1.85. The number of carbonyl (C=O) groups is 1. The van der Waals surface area contributed by atoms with Crippen LogP contribution in [0, 0.1) is 17.3 Å². The maximum absolute atomic E-state index is 11.0. The molecule has 4 heteroatoms. The van der Waals surface area contributed by atoms with Crippen LogP contribution >= 0.6 is 12.4 Å². The molecule has 3 nitrogen and oxygen atoms in total. The van der Waals surface area contributed by atoms with Crippen molar-refractivity contribution in [1.82, 2.24) is 5.32 Å². The lowest BCUT2D eigenvalue weighted by Gasteiger charge is -2.14. The summed E-state index contributed by atoms with van der Waals surface area (Å²) >= 11 is 0. The van der Waals surface area contributed by atoms with Gasteiger partial charge in [0.05, 0.1) is 0 Å². The Morgan fingerprint density at radius 1 is 1.75 bits per heavy atom. The van der Waals surface area contributed by atoms with Crippen molar-refractivity contribution in [3.8, 4) is 0 Å². The van der Waals surface area contributed by atoms with E-state index in [1.54, 1.807) is 0 Å². The smallest absolute Gasteiger partial charge is 0.321 e. The highest BCUT2D eigenvalue weighted by atomic mass is 35.5. The third kappa shape index (κ3) is 1.04. The molecule has 1 saturated heterocycles. The van der Waals surface area contributed by atoms with Crippen molar-refractivity contribution in [1.29, 1.82) is 0 Å². The second-order valence-corrected chi connectivity index (χ2v) is 3.23. The summed E-state index contributed by atoms with van der Waals surface area (Å²) in [7, 11) is 0. The van der Waals surface area contributed by atoms with Gasteiger partial charge in [-0.2, -0.15) is 0 Å². The normalized spacial score (nSPS) is 50.8. The molecular weight excluding hydrogens is 178 g/mol. The van der Waals surface area contributed by atoms with Crippen molar-refractivity contribution in [2.24, 2.45) is 17.3 Å². The molecule has 0 radical (unpaired) electrons. The number of fused-ring (bicyclic) bond motifs is 1. The third-order valence-electron chi connectivity index (χ3n) is 2.62. The van der Waals surface area contributed by atoms with Crippen LogP contribution in [0.2, 0.25) is 0 Å². The summed E-state index contributed by atoms with van der Waals surface area (Å²) in [5, 5.41) is 11.6. The molecule has 0 aromatic carbocycles. The van der Waals surface area contributed by atoms with E-state index in [-0.39, 0.29) is 19.0 Å². The molecule has 2 aliphatic rings. The molecular formula is C8H14ClNO2. The Bertz CT molecular complexity index is 354. The van der Waals surface area contributed by atoms with Crippen molar-refractivity contribution in [2.75, 3.05) is 6.54 Å². The summed E-state index contributed by atoms with van der Waals surface area (Å²) < 4.78 is 44.6. The summed E-state index contributed by atoms with van der Waals surface area (Å²) in [6.07, 6.45) is 0. The number of halogens is 1. The zero-order valence-electron chi connectivity index (χ0n) is 12.2. The number of hydrogen-bond donors (Lipinski definition) is 2. The van der Waals surface area contributed by atoms with Gasteiger partial charge >= 0.3 is 5.97 Å². The van der Waals surface area contributed by atoms with Gasteiger partial charge in [-0.3, -0.25) is 4.79 Å². The third-order valence-corrected chi connectivity index (χ3v) is 2.62. The van der Waals surface area contributed by atoms with E-state index >= 15 is 0 Å². The van der Waals surface area contributed by atoms with E-state index in [1.807, 2.05) is 0 Å². The van der Waals surface area contributed by atoms with E-state index in [1.165, 1.54) is 0 Å². The fourth-order valence-corrected chi connectivity index (χ4v) is 1.89. The maximum atomic E-state index is 11.0. The molecule has 0 aromatic heterocycles. The minimum atomic E-state index is -2.66. The molecule has 12 heavy (non-hydrogen) atoms. The average molecular weight is 198 g/mol. The highest BCUT2D eigenvalue weighted by Gasteiger charge is 2.65. The highest BCUT2D eigenvalue weighted by molar-refractivity contribution is 5.85. The molecule has 70 valence electrons. The Morgan fingerprint density at radius 2 is 2.42 bits per heavy atom. The van der Waals surface area contributed by atoms with Crippen molar-refractivity contribution < 1.29 is 18.1 Å². The molecule has 1 aliphatic carbocycles. The predicted molar refractivity (Wildman–Crippen MR) is 47.4 cm³/mol. The number of carboxylic acids is 1. The standard InChI is InChI=1S/C8H13NO2.ClH/c1-8(2)4-3-9-6(5(4)8)7(10)11;/h4-6,9H,3H2,1-2H3,(H,10,11);1H/i1D3,2D3;. The monoisotopic (exact) mass is 197 g/mol. The Labute approximate surface area is 86.4 Å². The molecule has 0 amide bonds. The molecule has 2 rings (SSSR count). The predicted octanol–water partition coefficient (Wildman–Crippen LogP) is 0.737. The van der Waals surface area contributed by atoms with Crippen LogP contribution in [0.1, 0.15) is 21.9 Å². The second-order valence-electron chi connectivity index (χ2n) is 3.23. The van der Waals surface area contributed by atoms with Gasteiger partial charge in [0, 0.05) is 8.22 Å². The number of nitrogens with one attached hydrogen (secondary N) is 1. The van der Waals surface area contributed by atoms with Gasteiger partial charge in [0.2, 0.25) is 0 Å². The van der Waals surface area contributed by atoms with E-state index in [9.17, 15) is 4.79 Å². The zero-order chi connectivity index (χ0) is 13.2. The SMILES string of the molecule is Cl.[2H]C([2H])([2H])C1(C([2H])([2H])[2H])C2CNC(C(=O)O)C21. The molecule has 0 aromatic rings. The van der Waals surface area contributed by atoms with Crippen LogP contribution in [0.5, 0.6) is 0 Å². The molecule has 1 saturated carbocycles. The number of hydrogen-bond acceptors (Lipinski definition) is 2. The molecule has 0 bridgehead atoms. The van der Waals surface area contributed by atoms with Crippen molar-refractivity contribution in [2.45, 2.75) is 19.7 Å². The van der Waals surface area contributed by atoms with Gasteiger partial charge in [0.25, 0.3) is 0 Å². The topological polar surface area (TPSA) is 49.3 Å². The lowest BCUT2D eigenvalue weighted by atomic mass is 10.0. The Balaban J connectivity index is 0.00000162. The summed E-state index contributed by atoms with van der Waals surface area (Å²) in [4.78, 5) is 11.0. The van der Waals surface area contributed by atoms with Crippen LogP contribution in [0.3, 0.4) is 0 Å². The van der Waals surface area contributed by atoms with Crippen LogP contribution in [0.4, 0.5) is 0 Å². The fraction of sp³-hybridized carbons (Fsp3) is 0.875. The van der Waals surface area contributed by atoms with Crippen molar-refractivity contribution in [3.63, 3.8) is 0 Å². The van der Waals surface area contributed by atoms with Crippen LogP contribution < -0.4 is 5.32 Å². The number of carboxylic acid groups (broad SMARTS) is 1. The first-order valence-electron chi connectivity index (χ1n) is 6.51. The molecule has 2 fully saturated rings. The first-order chi connectivity index (χ1) is 7.55. The summed E-state index contributed by atoms with van der Waals surface area (Å²) in [6, 6.07) is -1.07. The minimum Gasteiger partial charge on any atom is -0.480 e. The van der Waals surface area contributed by atoms with E-state index < -0.39 is 43.0 Å². The Hall–Kier alpha value is -0.280. The van der Waals surface area contributed by atoms with Gasteiger partial charge in [-0.05, 0) is 23.8 Å². The lowest BCUT2D eigenvalue weighted by Crippen LogP contribution is -2.37. The quantitative estimate of drug-likeness (QED) is 0.652. The molecule has 1 aliphatic heterocycles.